The molecule has 0 saturated carbocycles. The zero-order chi connectivity index (χ0) is 26.7. The predicted molar refractivity (Wildman–Crippen MR) is 156 cm³/mol. The van der Waals surface area contributed by atoms with Gasteiger partial charge in [0.25, 0.3) is 0 Å². The van der Waals surface area contributed by atoms with Crippen LogP contribution in [0, 0.1) is 35.1 Å². The summed E-state index contributed by atoms with van der Waals surface area (Å²) in [4.78, 5) is 0. The molecule has 0 N–H and O–H groups in total. The molecular weight excluding hydrogens is 472 g/mol. The number of allylic oxidation sites excluding steroid dienone is 6. The van der Waals surface area contributed by atoms with Gasteiger partial charge in [0.1, 0.15) is 8.07 Å². The van der Waals surface area contributed by atoms with Gasteiger partial charge in [0, 0.05) is 73.2 Å². The second kappa shape index (κ2) is 14.2. The SMILES string of the molecule is CC[Si](C#CC1=C(COC)C(C#CC2=C(COC)C(C#CC3=C(COC)C=CC3)=CC2)=CC1)(CC)CC. The number of ether oxygens (including phenoxy) is 3. The number of hydrogen-bond acceptors (Lipinski definition) is 3. The molecule has 3 nitrogen and oxygen atoms in total. The highest BCUT2D eigenvalue weighted by molar-refractivity contribution is 6.87. The summed E-state index contributed by atoms with van der Waals surface area (Å²) in [5.74, 6) is 17.2. The molecule has 0 spiro atoms. The second-order valence-electron chi connectivity index (χ2n) is 9.56. The number of hydrogen-bond donors (Lipinski definition) is 0. The van der Waals surface area contributed by atoms with E-state index in [4.69, 9.17) is 14.2 Å². The average Bonchev–Trinajstić information content (AvgIpc) is 3.63. The summed E-state index contributed by atoms with van der Waals surface area (Å²) in [6, 6.07) is 3.61. The minimum Gasteiger partial charge on any atom is -0.380 e. The first-order chi connectivity index (χ1) is 18.0. The molecule has 0 amide bonds. The zero-order valence-electron chi connectivity index (χ0n) is 23.4. The first-order valence-corrected chi connectivity index (χ1v) is 15.9. The molecule has 0 unspecified atom stereocenters. The molecule has 0 aromatic heterocycles. The molecule has 3 aliphatic carbocycles. The van der Waals surface area contributed by atoms with Crippen LogP contribution in [0.5, 0.6) is 0 Å². The van der Waals surface area contributed by atoms with Crippen LogP contribution < -0.4 is 0 Å². The highest BCUT2D eigenvalue weighted by Gasteiger charge is 2.25. The van der Waals surface area contributed by atoms with E-state index in [1.54, 1.807) is 21.3 Å². The van der Waals surface area contributed by atoms with Crippen LogP contribution in [-0.4, -0.2) is 49.2 Å². The molecule has 194 valence electrons. The maximum absolute atomic E-state index is 5.55. The molecular formula is C33H40O3Si. The van der Waals surface area contributed by atoms with Crippen molar-refractivity contribution in [1.29, 1.82) is 0 Å². The molecule has 3 rings (SSSR count). The molecule has 3 aliphatic rings. The quantitative estimate of drug-likeness (QED) is 0.261. The normalized spacial score (nSPS) is 16.8. The van der Waals surface area contributed by atoms with Crippen LogP contribution in [0.2, 0.25) is 18.1 Å². The van der Waals surface area contributed by atoms with Crippen molar-refractivity contribution in [2.75, 3.05) is 41.2 Å². The summed E-state index contributed by atoms with van der Waals surface area (Å²) in [5, 5.41) is 0. The monoisotopic (exact) mass is 512 g/mol. The van der Waals surface area contributed by atoms with Crippen LogP contribution in [0.15, 0.2) is 68.9 Å². The van der Waals surface area contributed by atoms with E-state index < -0.39 is 8.07 Å². The average molecular weight is 513 g/mol. The summed E-state index contributed by atoms with van der Waals surface area (Å²) < 4.78 is 16.4. The molecule has 0 atom stereocenters. The van der Waals surface area contributed by atoms with E-state index in [1.807, 2.05) is 0 Å². The highest BCUT2D eigenvalue weighted by Crippen LogP contribution is 2.29. The third kappa shape index (κ3) is 7.16. The largest absolute Gasteiger partial charge is 0.380 e. The van der Waals surface area contributed by atoms with Gasteiger partial charge in [-0.25, -0.2) is 0 Å². The molecule has 4 heteroatoms. The summed E-state index contributed by atoms with van der Waals surface area (Å²) in [5.41, 5.74) is 12.6. The van der Waals surface area contributed by atoms with Crippen molar-refractivity contribution in [3.63, 3.8) is 0 Å². The van der Waals surface area contributed by atoms with Gasteiger partial charge >= 0.3 is 0 Å². The standard InChI is InChI=1S/C33H40O3Si/c1-7-37(8-2,9-3)22-21-30-20-19-29(33(30)25-36-6)18-17-28-16-15-27(32(28)24-35-5)14-13-26-11-10-12-31(26)23-34-4/h10,12,15,19H,7-9,11,16,20,23-25H2,1-6H3. The first kappa shape index (κ1) is 28.8. The molecule has 0 aromatic rings. The second-order valence-corrected chi connectivity index (χ2v) is 14.5. The molecule has 37 heavy (non-hydrogen) atoms. The predicted octanol–water partition coefficient (Wildman–Crippen LogP) is 6.49. The van der Waals surface area contributed by atoms with Gasteiger partial charge in [-0.3, -0.25) is 0 Å². The Morgan fingerprint density at radius 2 is 1.16 bits per heavy atom. The van der Waals surface area contributed by atoms with Crippen LogP contribution in [0.1, 0.15) is 40.0 Å². The van der Waals surface area contributed by atoms with Crippen LogP contribution in [0.4, 0.5) is 0 Å². The van der Waals surface area contributed by atoms with Crippen LogP contribution in [0.3, 0.4) is 0 Å². The third-order valence-corrected chi connectivity index (χ3v) is 12.2. The summed E-state index contributed by atoms with van der Waals surface area (Å²) in [6.45, 7) is 8.51. The van der Waals surface area contributed by atoms with E-state index in [0.717, 1.165) is 58.3 Å². The van der Waals surface area contributed by atoms with Gasteiger partial charge < -0.3 is 14.2 Å². The maximum Gasteiger partial charge on any atom is 0.138 e. The Morgan fingerprint density at radius 3 is 1.68 bits per heavy atom. The van der Waals surface area contributed by atoms with E-state index in [1.165, 1.54) is 23.7 Å². The van der Waals surface area contributed by atoms with E-state index >= 15 is 0 Å². The van der Waals surface area contributed by atoms with Crippen molar-refractivity contribution in [3.8, 4) is 35.1 Å². The summed E-state index contributed by atoms with van der Waals surface area (Å²) in [7, 11) is 3.67. The van der Waals surface area contributed by atoms with Crippen molar-refractivity contribution < 1.29 is 14.2 Å². The van der Waals surface area contributed by atoms with Gasteiger partial charge in [0.2, 0.25) is 0 Å². The fourth-order valence-electron chi connectivity index (χ4n) is 4.83. The summed E-state index contributed by atoms with van der Waals surface area (Å²) in [6.07, 6.45) is 11.1. The molecule has 0 fully saturated rings. The lowest BCUT2D eigenvalue weighted by atomic mass is 10.0. The lowest BCUT2D eigenvalue weighted by Crippen LogP contribution is -2.29. The van der Waals surface area contributed by atoms with Gasteiger partial charge in [0.05, 0.1) is 19.8 Å². The Balaban J connectivity index is 1.87. The van der Waals surface area contributed by atoms with Crippen molar-refractivity contribution in [1.82, 2.24) is 0 Å². The Bertz CT molecular complexity index is 1240. The van der Waals surface area contributed by atoms with Gasteiger partial charge in [-0.05, 0) is 30.1 Å². The molecule has 0 radical (unpaired) electrons. The third-order valence-electron chi connectivity index (χ3n) is 7.51. The minimum atomic E-state index is -1.50. The van der Waals surface area contributed by atoms with E-state index in [-0.39, 0.29) is 0 Å². The van der Waals surface area contributed by atoms with Crippen LogP contribution in [-0.2, 0) is 14.2 Å². The van der Waals surface area contributed by atoms with Crippen LogP contribution in [0.25, 0.3) is 0 Å². The fourth-order valence-corrected chi connectivity index (χ4v) is 7.28. The molecule has 0 aliphatic heterocycles. The number of methoxy groups -OCH3 is 3. The topological polar surface area (TPSA) is 27.7 Å². The lowest BCUT2D eigenvalue weighted by molar-refractivity contribution is 0.227. The summed E-state index contributed by atoms with van der Waals surface area (Å²) >= 11 is 0. The van der Waals surface area contributed by atoms with Crippen molar-refractivity contribution in [2.24, 2.45) is 0 Å². The molecule has 0 bridgehead atoms. The number of rotatable bonds is 9. The molecule has 0 saturated heterocycles. The lowest BCUT2D eigenvalue weighted by Gasteiger charge is -2.20. The Kier molecular flexibility index (Phi) is 11.1. The van der Waals surface area contributed by atoms with Gasteiger partial charge in [-0.1, -0.05) is 74.7 Å². The van der Waals surface area contributed by atoms with E-state index in [9.17, 15) is 0 Å². The smallest absolute Gasteiger partial charge is 0.138 e. The Labute approximate surface area is 225 Å². The minimum absolute atomic E-state index is 0.501. The Morgan fingerprint density at radius 1 is 0.649 bits per heavy atom. The van der Waals surface area contributed by atoms with Gasteiger partial charge in [-0.2, -0.15) is 0 Å². The Hall–Kier alpha value is -2.78. The highest BCUT2D eigenvalue weighted by atomic mass is 28.3. The maximum atomic E-state index is 5.55. The zero-order valence-corrected chi connectivity index (χ0v) is 24.4. The molecule has 0 heterocycles. The molecule has 0 aromatic carbocycles. The van der Waals surface area contributed by atoms with Crippen LogP contribution >= 0.6 is 0 Å². The van der Waals surface area contributed by atoms with Crippen molar-refractivity contribution in [3.05, 3.63) is 68.9 Å². The van der Waals surface area contributed by atoms with E-state index in [2.05, 4.69) is 80.2 Å². The van der Waals surface area contributed by atoms with Crippen molar-refractivity contribution >= 4 is 8.07 Å². The van der Waals surface area contributed by atoms with Gasteiger partial charge in [-0.15, -0.1) is 5.54 Å². The first-order valence-electron chi connectivity index (χ1n) is 13.3. The van der Waals surface area contributed by atoms with E-state index in [0.29, 0.717) is 19.8 Å². The van der Waals surface area contributed by atoms with Crippen molar-refractivity contribution in [2.45, 2.75) is 58.2 Å². The van der Waals surface area contributed by atoms with Gasteiger partial charge in [0.15, 0.2) is 0 Å². The fraction of sp³-hybridized carbons (Fsp3) is 0.455.